The Morgan fingerprint density at radius 1 is 0.569 bits per heavy atom. The second-order valence-electron chi connectivity index (χ2n) is 12.3. The lowest BCUT2D eigenvalue weighted by Gasteiger charge is -2.46. The van der Waals surface area contributed by atoms with Crippen LogP contribution in [-0.2, 0) is 70.1 Å². The molecular formula is C41H41O8PS. The molecule has 0 spiro atoms. The highest BCUT2D eigenvalue weighted by Gasteiger charge is 2.52. The van der Waals surface area contributed by atoms with E-state index in [4.69, 9.17) is 32.5 Å². The Hall–Kier alpha value is -3.60. The van der Waals surface area contributed by atoms with Crippen molar-refractivity contribution in [3.8, 4) is 0 Å². The summed E-state index contributed by atoms with van der Waals surface area (Å²) in [6.45, 7) is 1.33. The second kappa shape index (κ2) is 17.8. The zero-order chi connectivity index (χ0) is 34.7. The minimum Gasteiger partial charge on any atom is -0.374 e. The number of rotatable bonds is 14. The third-order valence-corrected chi connectivity index (χ3v) is 11.2. The molecule has 0 N–H and O–H groups in total. The van der Waals surface area contributed by atoms with Gasteiger partial charge >= 0.3 is 7.82 Å². The summed E-state index contributed by atoms with van der Waals surface area (Å²) >= 11 is 1.46. The normalized spacial score (nSPS) is 22.9. The van der Waals surface area contributed by atoms with Crippen LogP contribution in [0, 0.1) is 0 Å². The van der Waals surface area contributed by atoms with Crippen molar-refractivity contribution < 1.29 is 37.1 Å². The number of ether oxygens (including phenoxy) is 4. The first-order chi connectivity index (χ1) is 25.1. The monoisotopic (exact) mass is 724 g/mol. The van der Waals surface area contributed by atoms with Gasteiger partial charge in [0.05, 0.1) is 39.6 Å². The van der Waals surface area contributed by atoms with Gasteiger partial charge in [0.25, 0.3) is 0 Å². The lowest BCUT2D eigenvalue weighted by Crippen LogP contribution is -2.60. The van der Waals surface area contributed by atoms with Crippen LogP contribution in [0.15, 0.2) is 150 Å². The highest BCUT2D eigenvalue weighted by Crippen LogP contribution is 2.56. The SMILES string of the molecule is O=P1(OC2C(Sc3ccccc3)OC(COCc3ccccc3)C(OCc3ccccc3)C2OCc2ccccc2)OCc2ccccc2CO1. The van der Waals surface area contributed by atoms with Crippen molar-refractivity contribution in [2.75, 3.05) is 6.61 Å². The first kappa shape index (κ1) is 35.8. The molecule has 51 heavy (non-hydrogen) atoms. The minimum absolute atomic E-state index is 0.0803. The van der Waals surface area contributed by atoms with E-state index in [-0.39, 0.29) is 26.4 Å². The van der Waals surface area contributed by atoms with Crippen LogP contribution in [0.1, 0.15) is 27.8 Å². The van der Waals surface area contributed by atoms with Crippen LogP contribution in [0.25, 0.3) is 0 Å². The number of hydrogen-bond donors (Lipinski definition) is 0. The molecular weight excluding hydrogens is 683 g/mol. The Labute approximate surface area is 303 Å². The summed E-state index contributed by atoms with van der Waals surface area (Å²) in [7, 11) is -4.13. The van der Waals surface area contributed by atoms with E-state index in [1.807, 2.05) is 146 Å². The molecule has 2 aliphatic rings. The summed E-state index contributed by atoms with van der Waals surface area (Å²) in [5, 5.41) is 0. The van der Waals surface area contributed by atoms with E-state index < -0.39 is 37.7 Å². The summed E-state index contributed by atoms with van der Waals surface area (Å²) in [4.78, 5) is 0.943. The topological polar surface area (TPSA) is 81.7 Å². The van der Waals surface area contributed by atoms with Gasteiger partial charge in [0.1, 0.15) is 29.9 Å². The molecule has 5 aromatic rings. The van der Waals surface area contributed by atoms with Crippen molar-refractivity contribution in [3.63, 3.8) is 0 Å². The lowest BCUT2D eigenvalue weighted by atomic mass is 9.99. The quantitative estimate of drug-likeness (QED) is 0.104. The minimum atomic E-state index is -4.13. The van der Waals surface area contributed by atoms with E-state index in [0.717, 1.165) is 32.7 Å². The molecule has 5 aromatic carbocycles. The Bertz CT molecular complexity index is 1800. The number of phosphoric acid groups is 1. The van der Waals surface area contributed by atoms with Gasteiger partial charge in [-0.3, -0.25) is 13.6 Å². The highest BCUT2D eigenvalue weighted by atomic mass is 32.2. The van der Waals surface area contributed by atoms with Gasteiger partial charge in [-0.15, -0.1) is 0 Å². The largest absolute Gasteiger partial charge is 0.475 e. The standard InChI is InChI=1S/C41H41O8PS/c42-50(46-28-34-21-13-14-22-35(34)29-47-50)49-40-39(45-27-33-19-9-3-10-20-33)38(44-26-32-17-7-2-8-18-32)37(30-43-25-31-15-5-1-6-16-31)48-41(40)51-36-23-11-4-12-24-36/h1-24,37-41H,25-30H2. The van der Waals surface area contributed by atoms with Gasteiger partial charge in [-0.2, -0.15) is 0 Å². The first-order valence-corrected chi connectivity index (χ1v) is 19.4. The van der Waals surface area contributed by atoms with E-state index in [2.05, 4.69) is 0 Å². The van der Waals surface area contributed by atoms with Crippen molar-refractivity contribution >= 4 is 19.6 Å². The molecule has 5 unspecified atom stereocenters. The highest BCUT2D eigenvalue weighted by molar-refractivity contribution is 7.99. The Balaban J connectivity index is 1.22. The summed E-state index contributed by atoms with van der Waals surface area (Å²) < 4.78 is 59.6. The Morgan fingerprint density at radius 3 is 1.59 bits per heavy atom. The smallest absolute Gasteiger partial charge is 0.374 e. The number of hydrogen-bond acceptors (Lipinski definition) is 9. The number of benzene rings is 5. The molecule has 1 saturated heterocycles. The fourth-order valence-corrected chi connectivity index (χ4v) is 8.56. The van der Waals surface area contributed by atoms with E-state index >= 15 is 0 Å². The average molecular weight is 725 g/mol. The van der Waals surface area contributed by atoms with Gasteiger partial charge in [-0.25, -0.2) is 4.57 Å². The predicted octanol–water partition coefficient (Wildman–Crippen LogP) is 9.13. The van der Waals surface area contributed by atoms with Crippen LogP contribution in [0.3, 0.4) is 0 Å². The molecule has 0 bridgehead atoms. The van der Waals surface area contributed by atoms with Crippen LogP contribution < -0.4 is 0 Å². The van der Waals surface area contributed by atoms with Gasteiger partial charge in [0.2, 0.25) is 0 Å². The maximum atomic E-state index is 14.5. The third-order valence-electron chi connectivity index (χ3n) is 8.68. The summed E-state index contributed by atoms with van der Waals surface area (Å²) in [5.41, 5.74) is 4.10. The fourth-order valence-electron chi connectivity index (χ4n) is 6.03. The molecule has 7 rings (SSSR count). The Morgan fingerprint density at radius 2 is 1.04 bits per heavy atom. The molecule has 1 fully saturated rings. The lowest BCUT2D eigenvalue weighted by molar-refractivity contribution is -0.240. The molecule has 2 aliphatic heterocycles. The second-order valence-corrected chi connectivity index (χ2v) is 15.1. The van der Waals surface area contributed by atoms with Crippen molar-refractivity contribution in [1.82, 2.24) is 0 Å². The van der Waals surface area contributed by atoms with Gasteiger partial charge in [0.15, 0.2) is 0 Å². The fraction of sp³-hybridized carbons (Fsp3) is 0.268. The Kier molecular flexibility index (Phi) is 12.5. The number of thioether (sulfide) groups is 1. The third kappa shape index (κ3) is 9.84. The average Bonchev–Trinajstić information content (AvgIpc) is 3.35. The summed E-state index contributed by atoms with van der Waals surface area (Å²) in [6, 6.07) is 47.5. The van der Waals surface area contributed by atoms with Gasteiger partial charge in [0, 0.05) is 4.90 Å². The van der Waals surface area contributed by atoms with Crippen LogP contribution in [0.5, 0.6) is 0 Å². The molecule has 8 nitrogen and oxygen atoms in total. The molecule has 5 atom stereocenters. The molecule has 2 heterocycles. The van der Waals surface area contributed by atoms with Crippen LogP contribution in [0.2, 0.25) is 0 Å². The van der Waals surface area contributed by atoms with Crippen LogP contribution >= 0.6 is 19.6 Å². The maximum Gasteiger partial charge on any atom is 0.475 e. The summed E-state index contributed by atoms with van der Waals surface area (Å²) in [6.07, 6.45) is -2.95. The van der Waals surface area contributed by atoms with Crippen molar-refractivity contribution in [2.24, 2.45) is 0 Å². The molecule has 264 valence electrons. The molecule has 0 aromatic heterocycles. The van der Waals surface area contributed by atoms with E-state index in [0.29, 0.717) is 13.2 Å². The summed E-state index contributed by atoms with van der Waals surface area (Å²) in [5.74, 6) is 0. The van der Waals surface area contributed by atoms with Crippen LogP contribution in [0.4, 0.5) is 0 Å². The first-order valence-electron chi connectivity index (χ1n) is 17.1. The zero-order valence-corrected chi connectivity index (χ0v) is 29.8. The van der Waals surface area contributed by atoms with Gasteiger partial charge in [-0.05, 0) is 39.9 Å². The molecule has 10 heteroatoms. The molecule has 0 radical (unpaired) electrons. The number of fused-ring (bicyclic) bond motifs is 1. The predicted molar refractivity (Wildman–Crippen MR) is 196 cm³/mol. The maximum absolute atomic E-state index is 14.5. The van der Waals surface area contributed by atoms with Crippen molar-refractivity contribution in [1.29, 1.82) is 0 Å². The molecule has 0 amide bonds. The van der Waals surface area contributed by atoms with Gasteiger partial charge < -0.3 is 18.9 Å². The molecule has 0 aliphatic carbocycles. The number of phosphoric ester groups is 1. The van der Waals surface area contributed by atoms with Crippen LogP contribution in [-0.4, -0.2) is 36.5 Å². The van der Waals surface area contributed by atoms with Crippen molar-refractivity contribution in [3.05, 3.63) is 173 Å². The van der Waals surface area contributed by atoms with E-state index in [1.165, 1.54) is 11.8 Å². The van der Waals surface area contributed by atoms with Crippen molar-refractivity contribution in [2.45, 2.75) is 67.8 Å². The zero-order valence-electron chi connectivity index (χ0n) is 28.1. The molecule has 0 saturated carbocycles. The van der Waals surface area contributed by atoms with E-state index in [9.17, 15) is 4.57 Å². The van der Waals surface area contributed by atoms with Gasteiger partial charge in [-0.1, -0.05) is 145 Å². The van der Waals surface area contributed by atoms with E-state index in [1.54, 1.807) is 0 Å².